The van der Waals surface area contributed by atoms with E-state index in [1.807, 2.05) is 55.3 Å². The summed E-state index contributed by atoms with van der Waals surface area (Å²) in [4.78, 5) is 15.6. The van der Waals surface area contributed by atoms with Crippen molar-refractivity contribution in [2.24, 2.45) is 5.41 Å². The molecule has 3 aromatic rings. The Balaban J connectivity index is 0.00000361. The van der Waals surface area contributed by atoms with Gasteiger partial charge in [0.15, 0.2) is 0 Å². The number of hydrogen-bond acceptors (Lipinski definition) is 6. The standard InChI is InChI=1S/C29H33NO3S2.Na/c1-28(2,33)24-9-4-3-7-22(24)11-12-25(35-20-29(14-15-29)19-27(31)32)23-8-5-6-21(18-23)10-13-26-30-16-17-34-26;/h3-10,13,16-18,25,33H,11-12,14-15,19-20H2,1-2H3,(H,31,32);/q;+1/p-1/b13-10+;/t25-;/m1./s1. The number of hydrogen-bond donors (Lipinski definition) is 1. The van der Waals surface area contributed by atoms with Crippen molar-refractivity contribution in [3.05, 3.63) is 87.4 Å². The molecule has 2 aromatic carbocycles. The second-order valence-electron chi connectivity index (χ2n) is 9.98. The monoisotopic (exact) mass is 529 g/mol. The topological polar surface area (TPSA) is 73.2 Å². The van der Waals surface area contributed by atoms with Crippen LogP contribution in [0.2, 0.25) is 0 Å². The zero-order chi connectivity index (χ0) is 24.9. The van der Waals surface area contributed by atoms with E-state index in [1.165, 1.54) is 5.56 Å². The van der Waals surface area contributed by atoms with Crippen LogP contribution < -0.4 is 34.7 Å². The molecule has 1 saturated carbocycles. The molecule has 0 radical (unpaired) electrons. The third-order valence-electron chi connectivity index (χ3n) is 6.57. The molecule has 0 aliphatic heterocycles. The van der Waals surface area contributed by atoms with Crippen LogP contribution in [0.5, 0.6) is 0 Å². The van der Waals surface area contributed by atoms with E-state index in [0.717, 1.165) is 53.1 Å². The molecule has 4 rings (SSSR count). The molecule has 0 unspecified atom stereocenters. The Morgan fingerprint density at radius 1 is 1.22 bits per heavy atom. The number of carbonyl (C=O) groups is 1. The summed E-state index contributed by atoms with van der Waals surface area (Å²) in [6, 6.07) is 16.7. The first-order valence-electron chi connectivity index (χ1n) is 12.0. The molecule has 7 heteroatoms. The van der Waals surface area contributed by atoms with E-state index in [1.54, 1.807) is 17.5 Å². The number of carboxylic acid groups (broad SMARTS) is 1. The van der Waals surface area contributed by atoms with Gasteiger partial charge in [-0.3, -0.25) is 0 Å². The first-order chi connectivity index (χ1) is 16.7. The molecule has 1 heterocycles. The van der Waals surface area contributed by atoms with Crippen molar-refractivity contribution in [2.45, 2.75) is 56.8 Å². The number of aromatic nitrogens is 1. The van der Waals surface area contributed by atoms with E-state index in [0.29, 0.717) is 0 Å². The van der Waals surface area contributed by atoms with Gasteiger partial charge in [0.2, 0.25) is 0 Å². The maximum atomic E-state index is 11.3. The summed E-state index contributed by atoms with van der Waals surface area (Å²) < 4.78 is 0. The Hall–Kier alpha value is -1.41. The molecule has 1 aromatic heterocycles. The van der Waals surface area contributed by atoms with Crippen LogP contribution in [0, 0.1) is 5.41 Å². The fourth-order valence-corrected chi connectivity index (χ4v) is 6.55. The quantitative estimate of drug-likeness (QED) is 0.366. The number of carbonyl (C=O) groups excluding carboxylic acids is 1. The van der Waals surface area contributed by atoms with E-state index in [-0.39, 0.29) is 46.6 Å². The predicted molar refractivity (Wildman–Crippen MR) is 144 cm³/mol. The first-order valence-corrected chi connectivity index (χ1v) is 14.0. The Morgan fingerprint density at radius 2 is 2.00 bits per heavy atom. The largest absolute Gasteiger partial charge is 1.00 e. The number of nitrogens with zero attached hydrogens (tertiary/aromatic N) is 1. The zero-order valence-electron chi connectivity index (χ0n) is 21.3. The van der Waals surface area contributed by atoms with Crippen molar-refractivity contribution in [1.82, 2.24) is 4.98 Å². The molecule has 4 nitrogen and oxygen atoms in total. The zero-order valence-corrected chi connectivity index (χ0v) is 24.9. The maximum Gasteiger partial charge on any atom is 1.00 e. The van der Waals surface area contributed by atoms with E-state index in [4.69, 9.17) is 0 Å². The van der Waals surface area contributed by atoms with Crippen LogP contribution in [0.25, 0.3) is 12.2 Å². The number of aliphatic hydroxyl groups is 1. The van der Waals surface area contributed by atoms with Crippen molar-refractivity contribution in [3.8, 4) is 0 Å². The fourth-order valence-electron chi connectivity index (χ4n) is 4.45. The van der Waals surface area contributed by atoms with E-state index < -0.39 is 11.6 Å². The number of benzene rings is 2. The molecule has 1 fully saturated rings. The number of thiazole rings is 1. The molecule has 0 saturated heterocycles. The SMILES string of the molecule is CC(C)(O)c1ccccc1CC[C@@H](SCC1(CC(=O)[O-])CC1)c1cccc(/C=C/c2nccs2)c1.[Na+]. The fraction of sp³-hybridized carbons (Fsp3) is 0.379. The van der Waals surface area contributed by atoms with E-state index in [9.17, 15) is 15.0 Å². The molecule has 0 spiro atoms. The Labute approximate surface area is 244 Å². The summed E-state index contributed by atoms with van der Waals surface area (Å²) in [5.41, 5.74) is 3.46. The third kappa shape index (κ3) is 8.30. The van der Waals surface area contributed by atoms with Crippen molar-refractivity contribution in [1.29, 1.82) is 0 Å². The van der Waals surface area contributed by atoms with Gasteiger partial charge in [0, 0.05) is 22.8 Å². The summed E-state index contributed by atoms with van der Waals surface area (Å²) in [5, 5.41) is 25.1. The third-order valence-corrected chi connectivity index (χ3v) is 9.00. The minimum absolute atomic E-state index is 0. The van der Waals surface area contributed by atoms with Crippen molar-refractivity contribution >= 4 is 41.2 Å². The first kappa shape index (κ1) is 29.2. The van der Waals surface area contributed by atoms with Gasteiger partial charge in [-0.15, -0.1) is 11.3 Å². The molecule has 0 amide bonds. The van der Waals surface area contributed by atoms with Crippen LogP contribution in [-0.2, 0) is 16.8 Å². The minimum atomic E-state index is -0.951. The van der Waals surface area contributed by atoms with Crippen LogP contribution in [-0.4, -0.2) is 21.8 Å². The van der Waals surface area contributed by atoms with Gasteiger partial charge in [-0.25, -0.2) is 4.98 Å². The molecule has 36 heavy (non-hydrogen) atoms. The average Bonchev–Trinajstić information content (AvgIpc) is 3.36. The van der Waals surface area contributed by atoms with Gasteiger partial charge in [0.25, 0.3) is 0 Å². The number of thioether (sulfide) groups is 1. The molecule has 1 aliphatic carbocycles. The number of rotatable bonds is 12. The summed E-state index contributed by atoms with van der Waals surface area (Å²) in [7, 11) is 0. The summed E-state index contributed by atoms with van der Waals surface area (Å²) >= 11 is 3.46. The van der Waals surface area contributed by atoms with Gasteiger partial charge in [-0.1, -0.05) is 54.6 Å². The van der Waals surface area contributed by atoms with Gasteiger partial charge in [-0.05, 0) is 85.4 Å². The van der Waals surface area contributed by atoms with Crippen LogP contribution in [0.15, 0.2) is 60.1 Å². The van der Waals surface area contributed by atoms with Gasteiger partial charge in [0.05, 0.1) is 5.60 Å². The van der Waals surface area contributed by atoms with Crippen LogP contribution >= 0.6 is 23.1 Å². The molecule has 184 valence electrons. The maximum absolute atomic E-state index is 11.3. The van der Waals surface area contributed by atoms with Crippen LogP contribution in [0.1, 0.15) is 72.0 Å². The molecule has 1 atom stereocenters. The predicted octanol–water partition coefficient (Wildman–Crippen LogP) is 2.87. The normalized spacial score (nSPS) is 15.4. The van der Waals surface area contributed by atoms with Gasteiger partial charge >= 0.3 is 29.6 Å². The van der Waals surface area contributed by atoms with Crippen molar-refractivity contribution in [3.63, 3.8) is 0 Å². The number of aryl methyl sites for hydroxylation is 1. The van der Waals surface area contributed by atoms with Gasteiger partial charge < -0.3 is 15.0 Å². The summed E-state index contributed by atoms with van der Waals surface area (Å²) in [6.07, 6.45) is 9.72. The minimum Gasteiger partial charge on any atom is -0.550 e. The number of carboxylic acids is 1. The van der Waals surface area contributed by atoms with Crippen molar-refractivity contribution in [2.75, 3.05) is 5.75 Å². The summed E-state index contributed by atoms with van der Waals surface area (Å²) in [5.74, 6) is -0.133. The second kappa shape index (κ2) is 12.9. The average molecular weight is 530 g/mol. The smallest absolute Gasteiger partial charge is 0.550 e. The summed E-state index contributed by atoms with van der Waals surface area (Å²) in [6.45, 7) is 3.65. The molecular formula is C29H32NNaO3S2. The van der Waals surface area contributed by atoms with Crippen LogP contribution in [0.3, 0.4) is 0 Å². The Morgan fingerprint density at radius 3 is 2.67 bits per heavy atom. The van der Waals surface area contributed by atoms with Crippen molar-refractivity contribution < 1.29 is 44.6 Å². The number of aliphatic carboxylic acids is 1. The van der Waals surface area contributed by atoms with E-state index in [2.05, 4.69) is 41.4 Å². The Bertz CT molecular complexity index is 1170. The molecular weight excluding hydrogens is 497 g/mol. The molecule has 0 bridgehead atoms. The van der Waals surface area contributed by atoms with E-state index >= 15 is 0 Å². The van der Waals surface area contributed by atoms with Crippen LogP contribution in [0.4, 0.5) is 0 Å². The van der Waals surface area contributed by atoms with Gasteiger partial charge in [-0.2, -0.15) is 11.8 Å². The Kier molecular flexibility index (Phi) is 10.4. The molecule has 1 N–H and O–H groups in total. The molecule has 1 aliphatic rings. The second-order valence-corrected chi connectivity index (χ2v) is 12.1. The van der Waals surface area contributed by atoms with Gasteiger partial charge in [0.1, 0.15) is 5.01 Å².